The van der Waals surface area contributed by atoms with Crippen LogP contribution in [0.15, 0.2) is 84.2 Å². The third-order valence-electron chi connectivity index (χ3n) is 3.54. The van der Waals surface area contributed by atoms with Crippen molar-refractivity contribution in [3.8, 4) is 0 Å². The maximum atomic E-state index is 12.2. The number of pyridine rings is 1. The molecule has 0 aliphatic heterocycles. The molecule has 0 unspecified atom stereocenters. The Labute approximate surface area is 146 Å². The van der Waals surface area contributed by atoms with Gasteiger partial charge in [-0.15, -0.1) is 0 Å². The van der Waals surface area contributed by atoms with Crippen LogP contribution in [0.3, 0.4) is 0 Å². The molecule has 0 bridgehead atoms. The Balaban J connectivity index is 1.53. The number of hydrogen-bond acceptors (Lipinski definition) is 4. The van der Waals surface area contributed by atoms with Crippen molar-refractivity contribution in [1.29, 1.82) is 0 Å². The zero-order valence-corrected chi connectivity index (χ0v) is 13.6. The molecular formula is C20H18N4O. The summed E-state index contributed by atoms with van der Waals surface area (Å²) in [6.07, 6.45) is 5.22. The van der Waals surface area contributed by atoms with Crippen molar-refractivity contribution in [1.82, 2.24) is 10.4 Å². The van der Waals surface area contributed by atoms with Crippen molar-refractivity contribution in [3.63, 3.8) is 0 Å². The summed E-state index contributed by atoms with van der Waals surface area (Å²) in [6, 6.07) is 20.5. The molecule has 0 atom stereocenters. The van der Waals surface area contributed by atoms with E-state index in [9.17, 15) is 4.79 Å². The van der Waals surface area contributed by atoms with Gasteiger partial charge in [-0.2, -0.15) is 5.10 Å². The van der Waals surface area contributed by atoms with E-state index in [0.29, 0.717) is 12.1 Å². The number of benzene rings is 2. The highest BCUT2D eigenvalue weighted by atomic mass is 16.1. The topological polar surface area (TPSA) is 66.4 Å². The molecule has 5 nitrogen and oxygen atoms in total. The van der Waals surface area contributed by atoms with Crippen molar-refractivity contribution in [2.45, 2.75) is 6.54 Å². The van der Waals surface area contributed by atoms with E-state index in [0.717, 1.165) is 16.8 Å². The van der Waals surface area contributed by atoms with Crippen LogP contribution in [0.25, 0.3) is 0 Å². The van der Waals surface area contributed by atoms with Crippen LogP contribution in [0, 0.1) is 0 Å². The molecular weight excluding hydrogens is 312 g/mol. The number of hydrogen-bond donors (Lipinski definition) is 2. The number of rotatable bonds is 6. The molecule has 0 radical (unpaired) electrons. The minimum Gasteiger partial charge on any atom is -0.322 e. The van der Waals surface area contributed by atoms with Gasteiger partial charge in [-0.05, 0) is 47.5 Å². The molecule has 124 valence electrons. The van der Waals surface area contributed by atoms with Gasteiger partial charge in [0.2, 0.25) is 0 Å². The van der Waals surface area contributed by atoms with Gasteiger partial charge in [0.05, 0.1) is 12.8 Å². The molecule has 25 heavy (non-hydrogen) atoms. The molecule has 0 aliphatic rings. The van der Waals surface area contributed by atoms with Crippen LogP contribution in [0.5, 0.6) is 0 Å². The summed E-state index contributed by atoms with van der Waals surface area (Å²) in [5.41, 5.74) is 6.39. The average molecular weight is 330 g/mol. The Kier molecular flexibility index (Phi) is 5.51. The smallest absolute Gasteiger partial charge is 0.255 e. The predicted octanol–water partition coefficient (Wildman–Crippen LogP) is 3.46. The standard InChI is InChI=1S/C20H18N4O/c25-20(24-19-4-2-1-3-5-19)18-8-6-16(7-9-18)14-22-23-15-17-10-12-21-13-11-17/h1-14,23H,15H2,(H,24,25)/b22-14+. The lowest BCUT2D eigenvalue weighted by Crippen LogP contribution is -2.11. The predicted molar refractivity (Wildman–Crippen MR) is 99.5 cm³/mol. The summed E-state index contributed by atoms with van der Waals surface area (Å²) in [6.45, 7) is 0.636. The van der Waals surface area contributed by atoms with Gasteiger partial charge in [-0.1, -0.05) is 30.3 Å². The number of aromatic nitrogens is 1. The molecule has 0 fully saturated rings. The van der Waals surface area contributed by atoms with Crippen LogP contribution < -0.4 is 10.7 Å². The summed E-state index contributed by atoms with van der Waals surface area (Å²) in [4.78, 5) is 16.2. The van der Waals surface area contributed by atoms with E-state index in [-0.39, 0.29) is 5.91 Å². The molecule has 0 spiro atoms. The molecule has 2 aromatic carbocycles. The summed E-state index contributed by atoms with van der Waals surface area (Å²) in [5, 5.41) is 7.04. The lowest BCUT2D eigenvalue weighted by Gasteiger charge is -2.05. The van der Waals surface area contributed by atoms with Crippen molar-refractivity contribution >= 4 is 17.8 Å². The van der Waals surface area contributed by atoms with Crippen LogP contribution in [0.1, 0.15) is 21.5 Å². The van der Waals surface area contributed by atoms with Crippen molar-refractivity contribution in [3.05, 3.63) is 95.8 Å². The number of carbonyl (C=O) groups excluding carboxylic acids is 1. The Morgan fingerprint density at radius 2 is 1.68 bits per heavy atom. The highest BCUT2D eigenvalue weighted by molar-refractivity contribution is 6.04. The Morgan fingerprint density at radius 3 is 2.40 bits per heavy atom. The van der Waals surface area contributed by atoms with Gasteiger partial charge in [-0.25, -0.2) is 0 Å². The van der Waals surface area contributed by atoms with Crippen molar-refractivity contribution < 1.29 is 4.79 Å². The maximum Gasteiger partial charge on any atom is 0.255 e. The molecule has 1 amide bonds. The highest BCUT2D eigenvalue weighted by Gasteiger charge is 2.05. The zero-order chi connectivity index (χ0) is 17.3. The number of nitrogens with zero attached hydrogens (tertiary/aromatic N) is 2. The SMILES string of the molecule is O=C(Nc1ccccc1)c1ccc(/C=N/NCc2ccncc2)cc1. The Bertz CT molecular complexity index is 831. The van der Waals surface area contributed by atoms with Gasteiger partial charge in [-0.3, -0.25) is 9.78 Å². The first-order chi connectivity index (χ1) is 12.3. The monoisotopic (exact) mass is 330 g/mol. The molecule has 2 N–H and O–H groups in total. The zero-order valence-electron chi connectivity index (χ0n) is 13.6. The van der Waals surface area contributed by atoms with Gasteiger partial charge in [0.15, 0.2) is 0 Å². The van der Waals surface area contributed by atoms with Gasteiger partial charge < -0.3 is 10.7 Å². The Morgan fingerprint density at radius 1 is 0.960 bits per heavy atom. The summed E-state index contributed by atoms with van der Waals surface area (Å²) in [7, 11) is 0. The van der Waals surface area contributed by atoms with Crippen LogP contribution in [-0.4, -0.2) is 17.1 Å². The lowest BCUT2D eigenvalue weighted by molar-refractivity contribution is 0.102. The average Bonchev–Trinajstić information content (AvgIpc) is 2.67. The summed E-state index contributed by atoms with van der Waals surface area (Å²) in [5.74, 6) is -0.134. The van der Waals surface area contributed by atoms with Gasteiger partial charge in [0.25, 0.3) is 5.91 Å². The first kappa shape index (κ1) is 16.4. The number of carbonyl (C=O) groups is 1. The largest absolute Gasteiger partial charge is 0.322 e. The second-order valence-electron chi connectivity index (χ2n) is 5.39. The number of anilines is 1. The summed E-state index contributed by atoms with van der Waals surface area (Å²) < 4.78 is 0. The van der Waals surface area contributed by atoms with E-state index < -0.39 is 0 Å². The fourth-order valence-corrected chi connectivity index (χ4v) is 2.20. The first-order valence-electron chi connectivity index (χ1n) is 7.92. The maximum absolute atomic E-state index is 12.2. The van der Waals surface area contributed by atoms with Crippen LogP contribution in [-0.2, 0) is 6.54 Å². The second kappa shape index (κ2) is 8.40. The lowest BCUT2D eigenvalue weighted by atomic mass is 10.1. The number of nitrogens with one attached hydrogen (secondary N) is 2. The van der Waals surface area contributed by atoms with Crippen LogP contribution >= 0.6 is 0 Å². The molecule has 1 heterocycles. The molecule has 3 rings (SSSR count). The molecule has 0 saturated heterocycles. The number of hydrazone groups is 1. The van der Waals surface area contributed by atoms with E-state index in [4.69, 9.17) is 0 Å². The fraction of sp³-hybridized carbons (Fsp3) is 0.0500. The Hall–Kier alpha value is -3.47. The molecule has 0 saturated carbocycles. The number of para-hydroxylation sites is 1. The first-order valence-corrected chi connectivity index (χ1v) is 7.92. The van der Waals surface area contributed by atoms with Crippen molar-refractivity contribution in [2.24, 2.45) is 5.10 Å². The van der Waals surface area contributed by atoms with E-state index >= 15 is 0 Å². The molecule has 3 aromatic rings. The minimum absolute atomic E-state index is 0.134. The minimum atomic E-state index is -0.134. The highest BCUT2D eigenvalue weighted by Crippen LogP contribution is 2.09. The molecule has 0 aliphatic carbocycles. The third kappa shape index (κ3) is 5.00. The molecule has 1 aromatic heterocycles. The van der Waals surface area contributed by atoms with E-state index in [1.54, 1.807) is 30.7 Å². The van der Waals surface area contributed by atoms with Gasteiger partial charge in [0.1, 0.15) is 0 Å². The number of amides is 1. The fourth-order valence-electron chi connectivity index (χ4n) is 2.20. The van der Waals surface area contributed by atoms with Crippen molar-refractivity contribution in [2.75, 3.05) is 5.32 Å². The normalized spacial score (nSPS) is 10.6. The molecule has 5 heteroatoms. The van der Waals surface area contributed by atoms with E-state index in [1.165, 1.54) is 0 Å². The summed E-state index contributed by atoms with van der Waals surface area (Å²) >= 11 is 0. The quantitative estimate of drug-likeness (QED) is 0.537. The van der Waals surface area contributed by atoms with E-state index in [2.05, 4.69) is 20.8 Å². The second-order valence-corrected chi connectivity index (χ2v) is 5.39. The van der Waals surface area contributed by atoms with Crippen LogP contribution in [0.4, 0.5) is 5.69 Å². The van der Waals surface area contributed by atoms with Crippen LogP contribution in [0.2, 0.25) is 0 Å². The van der Waals surface area contributed by atoms with E-state index in [1.807, 2.05) is 54.6 Å². The van der Waals surface area contributed by atoms with Gasteiger partial charge >= 0.3 is 0 Å². The third-order valence-corrected chi connectivity index (χ3v) is 3.54. The van der Waals surface area contributed by atoms with Gasteiger partial charge in [0, 0.05) is 23.6 Å².